The number of carbonyl (C=O) groups excluding carboxylic acids is 1. The minimum absolute atomic E-state index is 0.231. The fourth-order valence-corrected chi connectivity index (χ4v) is 2.58. The predicted molar refractivity (Wildman–Crippen MR) is 93.7 cm³/mol. The van der Waals surface area contributed by atoms with Crippen molar-refractivity contribution in [1.82, 2.24) is 15.3 Å². The van der Waals surface area contributed by atoms with Gasteiger partial charge < -0.3 is 20.1 Å². The Balaban J connectivity index is 1.47. The van der Waals surface area contributed by atoms with Crippen LogP contribution in [0.1, 0.15) is 28.9 Å². The van der Waals surface area contributed by atoms with E-state index < -0.39 is 0 Å². The van der Waals surface area contributed by atoms with E-state index in [1.54, 1.807) is 13.3 Å². The lowest BCUT2D eigenvalue weighted by atomic mass is 10.2. The van der Waals surface area contributed by atoms with Crippen LogP contribution in [0.3, 0.4) is 0 Å². The molecule has 1 aromatic heterocycles. The number of benzene rings is 1. The third-order valence-corrected chi connectivity index (χ3v) is 4.03. The van der Waals surface area contributed by atoms with E-state index in [1.165, 1.54) is 6.20 Å². The molecule has 7 nitrogen and oxygen atoms in total. The summed E-state index contributed by atoms with van der Waals surface area (Å²) in [6, 6.07) is 7.53. The number of rotatable bonds is 7. The van der Waals surface area contributed by atoms with E-state index in [9.17, 15) is 4.79 Å². The van der Waals surface area contributed by atoms with Crippen LogP contribution in [-0.4, -0.2) is 42.2 Å². The minimum atomic E-state index is -0.256. The summed E-state index contributed by atoms with van der Waals surface area (Å²) in [5.41, 5.74) is 1.27. The van der Waals surface area contributed by atoms with Crippen molar-refractivity contribution in [3.63, 3.8) is 0 Å². The molecule has 1 unspecified atom stereocenters. The number of ether oxygens (including phenoxy) is 2. The summed E-state index contributed by atoms with van der Waals surface area (Å²) in [5.74, 6) is 1.17. The quantitative estimate of drug-likeness (QED) is 0.801. The zero-order chi connectivity index (χ0) is 17.5. The van der Waals surface area contributed by atoms with Gasteiger partial charge in [-0.1, -0.05) is 12.1 Å². The number of aromatic nitrogens is 2. The number of hydrogen-bond acceptors (Lipinski definition) is 6. The van der Waals surface area contributed by atoms with Crippen molar-refractivity contribution in [1.29, 1.82) is 0 Å². The molecule has 2 heterocycles. The monoisotopic (exact) mass is 342 g/mol. The summed E-state index contributed by atoms with van der Waals surface area (Å²) in [5, 5.41) is 6.01. The molecule has 0 spiro atoms. The zero-order valence-electron chi connectivity index (χ0n) is 14.2. The standard InChI is InChI=1S/C18H22N4O3/c1-24-14-6-4-13(5-7-14)9-22-18(23)16-11-21-17(12-19-16)20-10-15-3-2-8-25-15/h4-7,11-12,15H,2-3,8-10H2,1H3,(H,20,21)(H,22,23). The van der Waals surface area contributed by atoms with E-state index in [-0.39, 0.29) is 17.7 Å². The van der Waals surface area contributed by atoms with Gasteiger partial charge in [-0.2, -0.15) is 0 Å². The molecule has 2 aromatic rings. The molecule has 1 atom stereocenters. The van der Waals surface area contributed by atoms with Gasteiger partial charge in [0.25, 0.3) is 5.91 Å². The Kier molecular flexibility index (Phi) is 5.79. The molecule has 3 rings (SSSR count). The highest BCUT2D eigenvalue weighted by Crippen LogP contribution is 2.13. The lowest BCUT2D eigenvalue weighted by molar-refractivity contribution is 0.0945. The highest BCUT2D eigenvalue weighted by Gasteiger charge is 2.15. The van der Waals surface area contributed by atoms with Crippen LogP contribution in [0.2, 0.25) is 0 Å². The highest BCUT2D eigenvalue weighted by atomic mass is 16.5. The molecule has 0 saturated carbocycles. The minimum Gasteiger partial charge on any atom is -0.497 e. The molecule has 25 heavy (non-hydrogen) atoms. The van der Waals surface area contributed by atoms with E-state index in [0.29, 0.717) is 18.9 Å². The Hall–Kier alpha value is -2.67. The Morgan fingerprint density at radius 3 is 2.76 bits per heavy atom. The van der Waals surface area contributed by atoms with Gasteiger partial charge in [-0.25, -0.2) is 9.97 Å². The molecule has 7 heteroatoms. The molecular weight excluding hydrogens is 320 g/mol. The van der Waals surface area contributed by atoms with Gasteiger partial charge in [0.1, 0.15) is 17.3 Å². The van der Waals surface area contributed by atoms with Crippen molar-refractivity contribution in [2.75, 3.05) is 25.6 Å². The average molecular weight is 342 g/mol. The second-order valence-electron chi connectivity index (χ2n) is 5.83. The molecule has 1 saturated heterocycles. The summed E-state index contributed by atoms with van der Waals surface area (Å²) >= 11 is 0. The Morgan fingerprint density at radius 2 is 2.12 bits per heavy atom. The molecule has 0 radical (unpaired) electrons. The SMILES string of the molecule is COc1ccc(CNC(=O)c2cnc(NCC3CCCO3)cn2)cc1. The number of hydrogen-bond donors (Lipinski definition) is 2. The first-order valence-electron chi connectivity index (χ1n) is 8.33. The fourth-order valence-electron chi connectivity index (χ4n) is 2.58. The van der Waals surface area contributed by atoms with Crippen LogP contribution in [-0.2, 0) is 11.3 Å². The Labute approximate surface area is 146 Å². The molecule has 0 aliphatic carbocycles. The first-order chi connectivity index (χ1) is 12.2. The zero-order valence-corrected chi connectivity index (χ0v) is 14.2. The third-order valence-electron chi connectivity index (χ3n) is 4.03. The van der Waals surface area contributed by atoms with Crippen LogP contribution in [0, 0.1) is 0 Å². The number of nitrogens with one attached hydrogen (secondary N) is 2. The topological polar surface area (TPSA) is 85.4 Å². The third kappa shape index (κ3) is 4.90. The second-order valence-corrected chi connectivity index (χ2v) is 5.83. The summed E-state index contributed by atoms with van der Waals surface area (Å²) in [6.07, 6.45) is 5.44. The van der Waals surface area contributed by atoms with Crippen molar-refractivity contribution in [2.45, 2.75) is 25.5 Å². The summed E-state index contributed by atoms with van der Waals surface area (Å²) in [6.45, 7) is 1.95. The molecular formula is C18H22N4O3. The molecule has 0 bridgehead atoms. The Morgan fingerprint density at radius 1 is 1.28 bits per heavy atom. The molecule has 132 valence electrons. The highest BCUT2D eigenvalue weighted by molar-refractivity contribution is 5.91. The lowest BCUT2D eigenvalue weighted by Gasteiger charge is -2.11. The fraction of sp³-hybridized carbons (Fsp3) is 0.389. The van der Waals surface area contributed by atoms with Crippen molar-refractivity contribution in [3.05, 3.63) is 47.9 Å². The van der Waals surface area contributed by atoms with Crippen LogP contribution in [0.4, 0.5) is 5.82 Å². The van der Waals surface area contributed by atoms with Gasteiger partial charge in [0, 0.05) is 19.7 Å². The smallest absolute Gasteiger partial charge is 0.271 e. The molecule has 1 aromatic carbocycles. The van der Waals surface area contributed by atoms with E-state index in [4.69, 9.17) is 9.47 Å². The largest absolute Gasteiger partial charge is 0.497 e. The van der Waals surface area contributed by atoms with Gasteiger partial charge in [0.15, 0.2) is 0 Å². The van der Waals surface area contributed by atoms with Crippen molar-refractivity contribution in [2.24, 2.45) is 0 Å². The maximum absolute atomic E-state index is 12.1. The van der Waals surface area contributed by atoms with Gasteiger partial charge in [-0.15, -0.1) is 0 Å². The maximum atomic E-state index is 12.1. The first kappa shape index (κ1) is 17.2. The van der Waals surface area contributed by atoms with Crippen LogP contribution in [0.15, 0.2) is 36.7 Å². The molecule has 1 aliphatic rings. The van der Waals surface area contributed by atoms with Gasteiger partial charge in [0.05, 0.1) is 25.6 Å². The number of methoxy groups -OCH3 is 1. The predicted octanol–water partition coefficient (Wildman–Crippen LogP) is 2.01. The molecule has 1 aliphatic heterocycles. The van der Waals surface area contributed by atoms with Crippen molar-refractivity contribution in [3.8, 4) is 5.75 Å². The average Bonchev–Trinajstić information content (AvgIpc) is 3.19. The van der Waals surface area contributed by atoms with Crippen molar-refractivity contribution < 1.29 is 14.3 Å². The number of carbonyl (C=O) groups is 1. The van der Waals surface area contributed by atoms with E-state index in [2.05, 4.69) is 20.6 Å². The van der Waals surface area contributed by atoms with Gasteiger partial charge in [-0.05, 0) is 30.5 Å². The molecule has 2 N–H and O–H groups in total. The van der Waals surface area contributed by atoms with Crippen LogP contribution >= 0.6 is 0 Å². The van der Waals surface area contributed by atoms with E-state index in [1.807, 2.05) is 24.3 Å². The summed E-state index contributed by atoms with van der Waals surface area (Å²) in [7, 11) is 1.62. The lowest BCUT2D eigenvalue weighted by Crippen LogP contribution is -2.24. The molecule has 1 amide bonds. The number of anilines is 1. The second kappa shape index (κ2) is 8.43. The van der Waals surface area contributed by atoms with Crippen molar-refractivity contribution >= 4 is 11.7 Å². The first-order valence-corrected chi connectivity index (χ1v) is 8.33. The summed E-state index contributed by atoms with van der Waals surface area (Å²) < 4.78 is 10.7. The molecule has 1 fully saturated rings. The van der Waals surface area contributed by atoms with Crippen LogP contribution in [0.25, 0.3) is 0 Å². The van der Waals surface area contributed by atoms with Crippen LogP contribution in [0.5, 0.6) is 5.75 Å². The van der Waals surface area contributed by atoms with Crippen LogP contribution < -0.4 is 15.4 Å². The number of nitrogens with zero attached hydrogens (tertiary/aromatic N) is 2. The summed E-state index contributed by atoms with van der Waals surface area (Å²) in [4.78, 5) is 20.5. The normalized spacial score (nSPS) is 16.4. The van der Waals surface area contributed by atoms with Gasteiger partial charge >= 0.3 is 0 Å². The van der Waals surface area contributed by atoms with Gasteiger partial charge in [-0.3, -0.25) is 4.79 Å². The van der Waals surface area contributed by atoms with E-state index >= 15 is 0 Å². The number of amides is 1. The maximum Gasteiger partial charge on any atom is 0.271 e. The Bertz CT molecular complexity index is 682. The van der Waals surface area contributed by atoms with E-state index in [0.717, 1.165) is 30.8 Å². The van der Waals surface area contributed by atoms with Gasteiger partial charge in [0.2, 0.25) is 0 Å².